The molecule has 1 N–H and O–H groups in total. The van der Waals surface area contributed by atoms with Crippen molar-refractivity contribution in [1.29, 1.82) is 0 Å². The number of likely N-dealkylation sites (N-methyl/N-ethyl adjacent to an activating group) is 1. The van der Waals surface area contributed by atoms with Crippen LogP contribution in [0.2, 0.25) is 0 Å². The standard InChI is InChI=1S/C18H21BrN4O3/c1-21(2)10-11-22(13-14-6-8-15(19)9-7-14)18(24)20-16-4-3-5-17(12-16)23(25)26/h3-9,12H,10-11,13H2,1-2H3,(H,20,24). The molecule has 7 nitrogen and oxygen atoms in total. The van der Waals surface area contributed by atoms with Crippen molar-refractivity contribution in [2.24, 2.45) is 0 Å². The second-order valence-corrected chi connectivity index (χ2v) is 7.00. The van der Waals surface area contributed by atoms with Crippen LogP contribution in [0.15, 0.2) is 53.0 Å². The molecule has 138 valence electrons. The number of non-ortho nitro benzene ring substituents is 1. The number of urea groups is 1. The third kappa shape index (κ3) is 6.12. The van der Waals surface area contributed by atoms with Gasteiger partial charge in [0.2, 0.25) is 0 Å². The van der Waals surface area contributed by atoms with E-state index in [0.29, 0.717) is 25.3 Å². The number of carbonyl (C=O) groups excluding carboxylic acids is 1. The summed E-state index contributed by atoms with van der Waals surface area (Å²) in [6, 6.07) is 13.4. The van der Waals surface area contributed by atoms with Gasteiger partial charge in [0.1, 0.15) is 0 Å². The number of hydrogen-bond acceptors (Lipinski definition) is 4. The average Bonchev–Trinajstić information content (AvgIpc) is 2.60. The van der Waals surface area contributed by atoms with E-state index in [2.05, 4.69) is 21.2 Å². The van der Waals surface area contributed by atoms with Gasteiger partial charge in [-0.25, -0.2) is 4.79 Å². The van der Waals surface area contributed by atoms with Crippen LogP contribution in [0, 0.1) is 10.1 Å². The molecule has 2 rings (SSSR count). The molecule has 8 heteroatoms. The average molecular weight is 421 g/mol. The highest BCUT2D eigenvalue weighted by Gasteiger charge is 2.16. The Hall–Kier alpha value is -2.45. The summed E-state index contributed by atoms with van der Waals surface area (Å²) in [7, 11) is 3.88. The van der Waals surface area contributed by atoms with Crippen LogP contribution < -0.4 is 5.32 Å². The Labute approximate surface area is 160 Å². The number of benzene rings is 2. The number of carbonyl (C=O) groups is 1. The molecule has 0 spiro atoms. The summed E-state index contributed by atoms with van der Waals surface area (Å²) < 4.78 is 0.974. The molecule has 0 aliphatic carbocycles. The first-order valence-corrected chi connectivity index (χ1v) is 8.84. The number of rotatable bonds is 7. The number of amides is 2. The van der Waals surface area contributed by atoms with Crippen molar-refractivity contribution in [3.63, 3.8) is 0 Å². The van der Waals surface area contributed by atoms with Crippen LogP contribution >= 0.6 is 15.9 Å². The van der Waals surface area contributed by atoms with Crippen molar-refractivity contribution >= 4 is 33.3 Å². The highest BCUT2D eigenvalue weighted by molar-refractivity contribution is 9.10. The van der Waals surface area contributed by atoms with E-state index in [1.165, 1.54) is 12.1 Å². The van der Waals surface area contributed by atoms with E-state index in [1.54, 1.807) is 17.0 Å². The molecule has 0 fully saturated rings. The molecule has 0 bridgehead atoms. The topological polar surface area (TPSA) is 78.7 Å². The number of halogens is 1. The Morgan fingerprint density at radius 1 is 1.15 bits per heavy atom. The van der Waals surface area contributed by atoms with Gasteiger partial charge in [-0.15, -0.1) is 0 Å². The lowest BCUT2D eigenvalue weighted by Crippen LogP contribution is -2.39. The molecule has 2 aromatic carbocycles. The van der Waals surface area contributed by atoms with Crippen molar-refractivity contribution in [3.05, 3.63) is 68.7 Å². The molecular weight excluding hydrogens is 400 g/mol. The van der Waals surface area contributed by atoms with E-state index in [-0.39, 0.29) is 11.7 Å². The van der Waals surface area contributed by atoms with Crippen LogP contribution in [0.3, 0.4) is 0 Å². The highest BCUT2D eigenvalue weighted by Crippen LogP contribution is 2.18. The Balaban J connectivity index is 2.12. The van der Waals surface area contributed by atoms with Gasteiger partial charge in [0.05, 0.1) is 4.92 Å². The van der Waals surface area contributed by atoms with E-state index in [9.17, 15) is 14.9 Å². The Morgan fingerprint density at radius 3 is 2.46 bits per heavy atom. The molecule has 0 aliphatic heterocycles. The zero-order valence-electron chi connectivity index (χ0n) is 14.7. The van der Waals surface area contributed by atoms with Gasteiger partial charge in [0, 0.05) is 41.9 Å². The number of nitro benzene ring substituents is 1. The monoisotopic (exact) mass is 420 g/mol. The summed E-state index contributed by atoms with van der Waals surface area (Å²) in [5.41, 5.74) is 1.34. The van der Waals surface area contributed by atoms with Gasteiger partial charge in [-0.2, -0.15) is 0 Å². The Bertz CT molecular complexity index is 765. The van der Waals surface area contributed by atoms with Crippen LogP contribution in [0.4, 0.5) is 16.2 Å². The van der Waals surface area contributed by atoms with Crippen LogP contribution in [-0.4, -0.2) is 47.9 Å². The third-order valence-electron chi connectivity index (χ3n) is 3.70. The Morgan fingerprint density at radius 2 is 1.85 bits per heavy atom. The number of anilines is 1. The van der Waals surface area contributed by atoms with Crippen LogP contribution in [-0.2, 0) is 6.54 Å². The summed E-state index contributed by atoms with van der Waals surface area (Å²) >= 11 is 3.40. The van der Waals surface area contributed by atoms with Crippen LogP contribution in [0.25, 0.3) is 0 Å². The largest absolute Gasteiger partial charge is 0.322 e. The van der Waals surface area contributed by atoms with Gasteiger partial charge in [0.25, 0.3) is 5.69 Å². The van der Waals surface area contributed by atoms with Crippen molar-refractivity contribution in [1.82, 2.24) is 9.80 Å². The SMILES string of the molecule is CN(C)CCN(Cc1ccc(Br)cc1)C(=O)Nc1cccc([N+](=O)[O-])c1. The molecule has 0 atom stereocenters. The van der Waals surface area contributed by atoms with Crippen LogP contribution in [0.5, 0.6) is 0 Å². The summed E-state index contributed by atoms with van der Waals surface area (Å²) in [5.74, 6) is 0. The summed E-state index contributed by atoms with van der Waals surface area (Å²) in [6.45, 7) is 1.69. The van der Waals surface area contributed by atoms with Gasteiger partial charge in [-0.3, -0.25) is 10.1 Å². The molecule has 2 aromatic rings. The minimum atomic E-state index is -0.485. The van der Waals surface area contributed by atoms with E-state index >= 15 is 0 Å². The second kappa shape index (κ2) is 9.30. The first kappa shape index (κ1) is 19.9. The number of nitrogens with one attached hydrogen (secondary N) is 1. The first-order valence-electron chi connectivity index (χ1n) is 8.04. The van der Waals surface area contributed by atoms with Gasteiger partial charge < -0.3 is 15.1 Å². The molecule has 0 heterocycles. The molecular formula is C18H21BrN4O3. The molecule has 26 heavy (non-hydrogen) atoms. The minimum Gasteiger partial charge on any atom is -0.319 e. The minimum absolute atomic E-state index is 0.0597. The van der Waals surface area contributed by atoms with E-state index in [1.807, 2.05) is 43.3 Å². The molecule has 0 saturated carbocycles. The fraction of sp³-hybridized carbons (Fsp3) is 0.278. The van der Waals surface area contributed by atoms with Crippen molar-refractivity contribution in [2.45, 2.75) is 6.54 Å². The first-order chi connectivity index (χ1) is 12.3. The van der Waals surface area contributed by atoms with E-state index in [0.717, 1.165) is 10.0 Å². The van der Waals surface area contributed by atoms with E-state index < -0.39 is 4.92 Å². The van der Waals surface area contributed by atoms with Crippen molar-refractivity contribution in [2.75, 3.05) is 32.5 Å². The van der Waals surface area contributed by atoms with Gasteiger partial charge in [0.15, 0.2) is 0 Å². The lowest BCUT2D eigenvalue weighted by Gasteiger charge is -2.25. The fourth-order valence-electron chi connectivity index (χ4n) is 2.28. The van der Waals surface area contributed by atoms with E-state index in [4.69, 9.17) is 0 Å². The van der Waals surface area contributed by atoms with Gasteiger partial charge >= 0.3 is 6.03 Å². The van der Waals surface area contributed by atoms with Crippen LogP contribution in [0.1, 0.15) is 5.56 Å². The van der Waals surface area contributed by atoms with Crippen molar-refractivity contribution < 1.29 is 9.72 Å². The Kier molecular flexibility index (Phi) is 7.11. The van der Waals surface area contributed by atoms with Crippen molar-refractivity contribution in [3.8, 4) is 0 Å². The predicted octanol–water partition coefficient (Wildman–Crippen LogP) is 3.95. The predicted molar refractivity (Wildman–Crippen MR) is 105 cm³/mol. The summed E-state index contributed by atoms with van der Waals surface area (Å²) in [5, 5.41) is 13.6. The molecule has 0 aliphatic rings. The summed E-state index contributed by atoms with van der Waals surface area (Å²) in [4.78, 5) is 26.8. The molecule has 2 amide bonds. The molecule has 0 radical (unpaired) electrons. The zero-order valence-corrected chi connectivity index (χ0v) is 16.3. The highest BCUT2D eigenvalue weighted by atomic mass is 79.9. The lowest BCUT2D eigenvalue weighted by molar-refractivity contribution is -0.384. The lowest BCUT2D eigenvalue weighted by atomic mass is 10.2. The normalized spacial score (nSPS) is 10.6. The maximum absolute atomic E-state index is 12.7. The quantitative estimate of drug-likeness (QED) is 0.543. The molecule has 0 unspecified atom stereocenters. The zero-order chi connectivity index (χ0) is 19.1. The second-order valence-electron chi connectivity index (χ2n) is 6.09. The third-order valence-corrected chi connectivity index (χ3v) is 4.23. The molecule has 0 saturated heterocycles. The fourth-order valence-corrected chi connectivity index (χ4v) is 2.55. The van der Waals surface area contributed by atoms with Gasteiger partial charge in [-0.1, -0.05) is 34.1 Å². The maximum Gasteiger partial charge on any atom is 0.322 e. The number of hydrogen-bond donors (Lipinski definition) is 1. The number of nitrogens with zero attached hydrogens (tertiary/aromatic N) is 3. The smallest absolute Gasteiger partial charge is 0.319 e. The number of nitro groups is 1. The summed E-state index contributed by atoms with van der Waals surface area (Å²) in [6.07, 6.45) is 0. The maximum atomic E-state index is 12.7. The molecule has 0 aromatic heterocycles. The van der Waals surface area contributed by atoms with Gasteiger partial charge in [-0.05, 0) is 37.9 Å².